The second-order valence-electron chi connectivity index (χ2n) is 4.29. The van der Waals surface area contributed by atoms with E-state index >= 15 is 0 Å². The molecule has 1 heterocycles. The Hall–Kier alpha value is -1.03. The highest BCUT2D eigenvalue weighted by atomic mass is 35.5. The number of halogens is 1. The van der Waals surface area contributed by atoms with E-state index in [0.29, 0.717) is 11.6 Å². The number of rotatable bonds is 4. The Morgan fingerprint density at radius 3 is 2.67 bits per heavy atom. The van der Waals surface area contributed by atoms with Crippen LogP contribution in [-0.4, -0.2) is 5.11 Å². The average Bonchev–Trinajstić information content (AvgIpc) is 2.62. The van der Waals surface area contributed by atoms with E-state index in [0.717, 1.165) is 12.1 Å². The van der Waals surface area contributed by atoms with Crippen molar-refractivity contribution in [3.63, 3.8) is 0 Å². The van der Waals surface area contributed by atoms with Gasteiger partial charge in [-0.3, -0.25) is 0 Å². The van der Waals surface area contributed by atoms with Gasteiger partial charge < -0.3 is 10.4 Å². The van der Waals surface area contributed by atoms with Gasteiger partial charge in [0.05, 0.1) is 0 Å². The number of phenolic OH excluding ortho intramolecular Hbond substituents is 1. The monoisotopic (exact) mass is 281 g/mol. The lowest BCUT2D eigenvalue weighted by atomic mass is 10.2. The summed E-state index contributed by atoms with van der Waals surface area (Å²) in [5.41, 5.74) is 2.08. The molecule has 4 heteroatoms. The van der Waals surface area contributed by atoms with Crippen LogP contribution >= 0.6 is 22.9 Å². The van der Waals surface area contributed by atoms with Crippen LogP contribution in [-0.2, 0) is 13.1 Å². The van der Waals surface area contributed by atoms with Crippen molar-refractivity contribution >= 4 is 22.9 Å². The summed E-state index contributed by atoms with van der Waals surface area (Å²) in [6.45, 7) is 5.62. The van der Waals surface area contributed by atoms with Gasteiger partial charge in [0, 0.05) is 33.4 Å². The van der Waals surface area contributed by atoms with Crippen LogP contribution in [0.3, 0.4) is 0 Å². The fourth-order valence-electron chi connectivity index (χ4n) is 1.77. The molecule has 0 unspecified atom stereocenters. The third kappa shape index (κ3) is 3.05. The number of hydrogen-bond acceptors (Lipinski definition) is 3. The summed E-state index contributed by atoms with van der Waals surface area (Å²) in [6.07, 6.45) is 0. The number of aromatic hydroxyl groups is 1. The zero-order valence-electron chi connectivity index (χ0n) is 10.5. The molecule has 0 aliphatic heterocycles. The van der Waals surface area contributed by atoms with Crippen LogP contribution in [0.2, 0.25) is 5.02 Å². The zero-order valence-corrected chi connectivity index (χ0v) is 12.0. The number of benzene rings is 1. The minimum atomic E-state index is 0.244. The molecular formula is C14H16ClNOS. The first-order valence-corrected chi connectivity index (χ1v) is 7.00. The number of nitrogens with one attached hydrogen (secondary N) is 1. The van der Waals surface area contributed by atoms with Gasteiger partial charge in [0.15, 0.2) is 0 Å². The third-order valence-corrected chi connectivity index (χ3v) is 4.42. The van der Waals surface area contributed by atoms with Crippen molar-refractivity contribution in [3.8, 4) is 5.75 Å². The molecule has 2 rings (SSSR count). The lowest BCUT2D eigenvalue weighted by Crippen LogP contribution is -2.12. The van der Waals surface area contributed by atoms with E-state index in [1.54, 1.807) is 29.5 Å². The summed E-state index contributed by atoms with van der Waals surface area (Å²) in [6, 6.07) is 7.38. The van der Waals surface area contributed by atoms with Crippen LogP contribution in [0.25, 0.3) is 0 Å². The molecule has 0 saturated carbocycles. The van der Waals surface area contributed by atoms with Crippen LogP contribution < -0.4 is 5.32 Å². The van der Waals surface area contributed by atoms with Gasteiger partial charge in [0.2, 0.25) is 0 Å². The maximum Gasteiger partial charge on any atom is 0.121 e. The molecule has 0 spiro atoms. The number of hydrogen-bond donors (Lipinski definition) is 2. The van der Waals surface area contributed by atoms with Gasteiger partial charge in [-0.05, 0) is 37.6 Å². The van der Waals surface area contributed by atoms with E-state index in [9.17, 15) is 5.11 Å². The second kappa shape index (κ2) is 5.74. The molecule has 96 valence electrons. The normalized spacial score (nSPS) is 10.8. The van der Waals surface area contributed by atoms with Gasteiger partial charge in [0.25, 0.3) is 0 Å². The molecule has 0 aliphatic carbocycles. The fourth-order valence-corrected chi connectivity index (χ4v) is 3.03. The maximum atomic E-state index is 9.71. The molecule has 2 nitrogen and oxygen atoms in total. The third-order valence-electron chi connectivity index (χ3n) is 2.91. The molecule has 18 heavy (non-hydrogen) atoms. The first kappa shape index (κ1) is 13.4. The Morgan fingerprint density at radius 2 is 2.06 bits per heavy atom. The maximum absolute atomic E-state index is 9.71. The summed E-state index contributed by atoms with van der Waals surface area (Å²) in [5, 5.41) is 13.6. The van der Waals surface area contributed by atoms with Gasteiger partial charge in [-0.15, -0.1) is 11.3 Å². The molecule has 0 amide bonds. The lowest BCUT2D eigenvalue weighted by molar-refractivity contribution is 0.464. The van der Waals surface area contributed by atoms with E-state index in [1.807, 2.05) is 0 Å². The number of phenols is 1. The quantitative estimate of drug-likeness (QED) is 0.887. The Morgan fingerprint density at radius 1 is 1.28 bits per heavy atom. The summed E-state index contributed by atoms with van der Waals surface area (Å²) in [4.78, 5) is 2.66. The molecule has 0 bridgehead atoms. The molecule has 1 aromatic heterocycles. The van der Waals surface area contributed by atoms with Crippen LogP contribution in [0.1, 0.15) is 20.9 Å². The lowest BCUT2D eigenvalue weighted by Gasteiger charge is -2.07. The first-order valence-electron chi connectivity index (χ1n) is 5.81. The van der Waals surface area contributed by atoms with Crippen molar-refractivity contribution in [3.05, 3.63) is 50.2 Å². The van der Waals surface area contributed by atoms with Crippen LogP contribution in [0.5, 0.6) is 5.75 Å². The summed E-state index contributed by atoms with van der Waals surface area (Å²) < 4.78 is 0. The van der Waals surface area contributed by atoms with Crippen molar-refractivity contribution in [2.45, 2.75) is 26.9 Å². The summed E-state index contributed by atoms with van der Waals surface area (Å²) in [7, 11) is 0. The molecule has 0 saturated heterocycles. The molecule has 0 fully saturated rings. The summed E-state index contributed by atoms with van der Waals surface area (Å²) in [5.74, 6) is 0.244. The Balaban J connectivity index is 1.96. The van der Waals surface area contributed by atoms with E-state index < -0.39 is 0 Å². The van der Waals surface area contributed by atoms with E-state index in [4.69, 9.17) is 11.6 Å². The van der Waals surface area contributed by atoms with Gasteiger partial charge in [-0.25, -0.2) is 0 Å². The molecule has 0 aliphatic rings. The van der Waals surface area contributed by atoms with Gasteiger partial charge >= 0.3 is 0 Å². The molecule has 2 N–H and O–H groups in total. The molecule has 2 aromatic rings. The van der Waals surface area contributed by atoms with E-state index in [1.165, 1.54) is 15.3 Å². The van der Waals surface area contributed by atoms with E-state index in [-0.39, 0.29) is 5.75 Å². The Bertz CT molecular complexity index is 511. The largest absolute Gasteiger partial charge is 0.508 e. The summed E-state index contributed by atoms with van der Waals surface area (Å²) >= 11 is 7.84. The molecule has 0 radical (unpaired) electrons. The highest BCUT2D eigenvalue weighted by molar-refractivity contribution is 7.12. The van der Waals surface area contributed by atoms with Gasteiger partial charge in [-0.2, -0.15) is 0 Å². The highest BCUT2D eigenvalue weighted by Crippen LogP contribution is 2.25. The predicted molar refractivity (Wildman–Crippen MR) is 77.5 cm³/mol. The molecule has 1 aromatic carbocycles. The van der Waals surface area contributed by atoms with Crippen LogP contribution in [0.4, 0.5) is 0 Å². The minimum Gasteiger partial charge on any atom is -0.508 e. The predicted octanol–water partition coefficient (Wildman–Crippen LogP) is 4.01. The number of aryl methyl sites for hydroxylation is 2. The molecular weight excluding hydrogens is 266 g/mol. The van der Waals surface area contributed by atoms with Crippen molar-refractivity contribution in [2.24, 2.45) is 0 Å². The van der Waals surface area contributed by atoms with Crippen molar-refractivity contribution in [1.82, 2.24) is 5.32 Å². The van der Waals surface area contributed by atoms with Gasteiger partial charge in [-0.1, -0.05) is 17.7 Å². The fraction of sp³-hybridized carbons (Fsp3) is 0.286. The Kier molecular flexibility index (Phi) is 4.27. The number of thiophene rings is 1. The van der Waals surface area contributed by atoms with E-state index in [2.05, 4.69) is 25.2 Å². The van der Waals surface area contributed by atoms with Gasteiger partial charge in [0.1, 0.15) is 5.75 Å². The Labute approximate surface area is 116 Å². The zero-order chi connectivity index (χ0) is 13.1. The van der Waals surface area contributed by atoms with Crippen molar-refractivity contribution in [2.75, 3.05) is 0 Å². The average molecular weight is 282 g/mol. The van der Waals surface area contributed by atoms with Crippen LogP contribution in [0.15, 0.2) is 24.3 Å². The minimum absolute atomic E-state index is 0.244. The SMILES string of the molecule is Cc1cc(CNCc2c(O)cccc2Cl)sc1C. The molecule has 0 atom stereocenters. The topological polar surface area (TPSA) is 32.3 Å². The highest BCUT2D eigenvalue weighted by Gasteiger charge is 2.06. The van der Waals surface area contributed by atoms with Crippen molar-refractivity contribution < 1.29 is 5.11 Å². The standard InChI is InChI=1S/C14H16ClNOS/c1-9-6-11(18-10(9)2)7-16-8-12-13(15)4-3-5-14(12)17/h3-6,16-17H,7-8H2,1-2H3. The smallest absolute Gasteiger partial charge is 0.121 e. The van der Waals surface area contributed by atoms with Crippen LogP contribution in [0, 0.1) is 13.8 Å². The second-order valence-corrected chi connectivity index (χ2v) is 6.04. The van der Waals surface area contributed by atoms with Crippen molar-refractivity contribution in [1.29, 1.82) is 0 Å². The first-order chi connectivity index (χ1) is 8.58.